The molecular weight excluding hydrogens is 162 g/mol. The molecule has 0 aromatic carbocycles. The van der Waals surface area contributed by atoms with Crippen molar-refractivity contribution >= 4 is 11.6 Å². The maximum Gasteiger partial charge on any atom is 0.138 e. The Balaban J connectivity index is 2.84. The molecule has 0 aliphatic heterocycles. The molecule has 4 heteroatoms. The molecule has 0 saturated carbocycles. The summed E-state index contributed by atoms with van der Waals surface area (Å²) in [6.07, 6.45) is 1.55. The molecule has 2 atom stereocenters. The maximum atomic E-state index is 5.91. The van der Waals surface area contributed by atoms with Crippen molar-refractivity contribution in [3.63, 3.8) is 0 Å². The fourth-order valence-corrected chi connectivity index (χ4v) is 1.04. The van der Waals surface area contributed by atoms with E-state index in [0.29, 0.717) is 0 Å². The molecule has 0 N–H and O–H groups in total. The molecule has 0 radical (unpaired) electrons. The number of alkyl halides is 1. The molecule has 0 aliphatic rings. The van der Waals surface area contributed by atoms with Crippen molar-refractivity contribution in [2.75, 3.05) is 0 Å². The van der Waals surface area contributed by atoms with E-state index in [1.54, 1.807) is 11.0 Å². The van der Waals surface area contributed by atoms with Crippen LogP contribution in [0.15, 0.2) is 6.33 Å². The Labute approximate surface area is 71.4 Å². The first-order valence-electron chi connectivity index (χ1n) is 3.61. The largest absolute Gasteiger partial charge is 0.253 e. The zero-order chi connectivity index (χ0) is 8.43. The predicted octanol–water partition coefficient (Wildman–Crippen LogP) is 1.55. The Morgan fingerprint density at radius 2 is 2.18 bits per heavy atom. The van der Waals surface area contributed by atoms with Crippen molar-refractivity contribution in [3.05, 3.63) is 12.2 Å². The molecule has 1 aromatic rings. The van der Waals surface area contributed by atoms with E-state index in [9.17, 15) is 0 Å². The van der Waals surface area contributed by atoms with Crippen molar-refractivity contribution in [3.8, 4) is 0 Å². The van der Waals surface area contributed by atoms with Crippen LogP contribution in [-0.2, 0) is 7.05 Å². The molecule has 1 rings (SSSR count). The summed E-state index contributed by atoms with van der Waals surface area (Å²) in [4.78, 5) is 4.10. The van der Waals surface area contributed by atoms with Gasteiger partial charge in [-0.2, -0.15) is 5.10 Å². The Hall–Kier alpha value is -0.570. The van der Waals surface area contributed by atoms with Gasteiger partial charge in [-0.1, -0.05) is 6.92 Å². The average Bonchev–Trinajstić information content (AvgIpc) is 2.33. The van der Waals surface area contributed by atoms with Crippen molar-refractivity contribution in [2.24, 2.45) is 7.05 Å². The Bertz CT molecular complexity index is 231. The van der Waals surface area contributed by atoms with Crippen LogP contribution in [0, 0.1) is 0 Å². The summed E-state index contributed by atoms with van der Waals surface area (Å²) in [6, 6.07) is 0. The van der Waals surface area contributed by atoms with Crippen LogP contribution in [0.25, 0.3) is 0 Å². The van der Waals surface area contributed by atoms with E-state index in [1.165, 1.54) is 0 Å². The zero-order valence-corrected chi connectivity index (χ0v) is 7.71. The fourth-order valence-electron chi connectivity index (χ4n) is 0.923. The van der Waals surface area contributed by atoms with Gasteiger partial charge in [-0.3, -0.25) is 4.68 Å². The molecule has 0 spiro atoms. The number of hydrogen-bond acceptors (Lipinski definition) is 2. The van der Waals surface area contributed by atoms with Crippen LogP contribution in [0.5, 0.6) is 0 Å². The van der Waals surface area contributed by atoms with Gasteiger partial charge in [0.2, 0.25) is 0 Å². The lowest BCUT2D eigenvalue weighted by Gasteiger charge is -2.11. The monoisotopic (exact) mass is 173 g/mol. The van der Waals surface area contributed by atoms with Gasteiger partial charge in [0.25, 0.3) is 0 Å². The first-order chi connectivity index (χ1) is 5.13. The van der Waals surface area contributed by atoms with Crippen LogP contribution in [0.4, 0.5) is 0 Å². The van der Waals surface area contributed by atoms with Crippen molar-refractivity contribution in [2.45, 2.75) is 25.1 Å². The van der Waals surface area contributed by atoms with Crippen molar-refractivity contribution in [1.29, 1.82) is 0 Å². The van der Waals surface area contributed by atoms with E-state index < -0.39 is 0 Å². The van der Waals surface area contributed by atoms with Crippen LogP contribution >= 0.6 is 11.6 Å². The van der Waals surface area contributed by atoms with E-state index >= 15 is 0 Å². The molecule has 3 nitrogen and oxygen atoms in total. The first-order valence-corrected chi connectivity index (χ1v) is 4.04. The third-order valence-electron chi connectivity index (χ3n) is 1.84. The van der Waals surface area contributed by atoms with Crippen molar-refractivity contribution in [1.82, 2.24) is 14.8 Å². The highest BCUT2D eigenvalue weighted by Crippen LogP contribution is 2.19. The number of aryl methyl sites for hydroxylation is 1. The second-order valence-electron chi connectivity index (χ2n) is 2.71. The predicted molar refractivity (Wildman–Crippen MR) is 44.7 cm³/mol. The number of halogens is 1. The second kappa shape index (κ2) is 3.22. The summed E-state index contributed by atoms with van der Waals surface area (Å²) in [5, 5.41) is 4.06. The van der Waals surface area contributed by atoms with Gasteiger partial charge in [-0.25, -0.2) is 4.98 Å². The van der Waals surface area contributed by atoms with E-state index in [0.717, 1.165) is 5.82 Å². The van der Waals surface area contributed by atoms with Gasteiger partial charge in [-0.15, -0.1) is 11.6 Å². The summed E-state index contributed by atoms with van der Waals surface area (Å²) in [6.45, 7) is 4.00. The van der Waals surface area contributed by atoms with Gasteiger partial charge in [0.1, 0.15) is 12.2 Å². The highest BCUT2D eigenvalue weighted by atomic mass is 35.5. The Morgan fingerprint density at radius 3 is 2.55 bits per heavy atom. The lowest BCUT2D eigenvalue weighted by atomic mass is 10.1. The molecule has 2 unspecified atom stereocenters. The van der Waals surface area contributed by atoms with Gasteiger partial charge < -0.3 is 0 Å². The smallest absolute Gasteiger partial charge is 0.138 e. The minimum absolute atomic E-state index is 0.0953. The normalized spacial score (nSPS) is 16.4. The molecule has 1 heterocycles. The number of rotatable bonds is 2. The van der Waals surface area contributed by atoms with E-state index in [1.807, 2.05) is 20.9 Å². The second-order valence-corrected chi connectivity index (χ2v) is 3.40. The molecule has 0 amide bonds. The molecule has 0 aliphatic carbocycles. The Kier molecular flexibility index (Phi) is 2.49. The Morgan fingerprint density at radius 1 is 1.55 bits per heavy atom. The zero-order valence-electron chi connectivity index (χ0n) is 6.95. The third kappa shape index (κ3) is 1.71. The van der Waals surface area contributed by atoms with Crippen LogP contribution in [0.2, 0.25) is 0 Å². The van der Waals surface area contributed by atoms with Crippen LogP contribution < -0.4 is 0 Å². The van der Waals surface area contributed by atoms with Gasteiger partial charge in [-0.05, 0) is 6.92 Å². The van der Waals surface area contributed by atoms with Crippen molar-refractivity contribution < 1.29 is 0 Å². The van der Waals surface area contributed by atoms with Gasteiger partial charge in [0.15, 0.2) is 0 Å². The summed E-state index contributed by atoms with van der Waals surface area (Å²) in [7, 11) is 1.87. The molecular formula is C7H12ClN3. The number of nitrogens with zero attached hydrogens (tertiary/aromatic N) is 3. The minimum atomic E-state index is 0.0953. The lowest BCUT2D eigenvalue weighted by molar-refractivity contribution is 0.614. The molecule has 0 fully saturated rings. The molecule has 0 bridgehead atoms. The van der Waals surface area contributed by atoms with Gasteiger partial charge >= 0.3 is 0 Å². The molecule has 62 valence electrons. The lowest BCUT2D eigenvalue weighted by Crippen LogP contribution is -2.11. The number of hydrogen-bond donors (Lipinski definition) is 0. The maximum absolute atomic E-state index is 5.91. The summed E-state index contributed by atoms with van der Waals surface area (Å²) >= 11 is 5.91. The molecule has 0 saturated heterocycles. The highest BCUT2D eigenvalue weighted by Gasteiger charge is 2.15. The SMILES string of the molecule is CC(Cl)C(C)c1ncnn1C. The topological polar surface area (TPSA) is 30.7 Å². The summed E-state index contributed by atoms with van der Waals surface area (Å²) in [5.41, 5.74) is 0. The fraction of sp³-hybridized carbons (Fsp3) is 0.714. The highest BCUT2D eigenvalue weighted by molar-refractivity contribution is 6.20. The third-order valence-corrected chi connectivity index (χ3v) is 2.22. The molecule has 1 aromatic heterocycles. The van der Waals surface area contributed by atoms with Crippen LogP contribution in [0.3, 0.4) is 0 Å². The van der Waals surface area contributed by atoms with Crippen LogP contribution in [-0.4, -0.2) is 20.1 Å². The van der Waals surface area contributed by atoms with Gasteiger partial charge in [0.05, 0.1) is 0 Å². The quantitative estimate of drug-likeness (QED) is 0.636. The average molecular weight is 174 g/mol. The summed E-state index contributed by atoms with van der Waals surface area (Å²) in [5.74, 6) is 1.19. The van der Waals surface area contributed by atoms with E-state index in [2.05, 4.69) is 10.1 Å². The molecule has 11 heavy (non-hydrogen) atoms. The van der Waals surface area contributed by atoms with E-state index in [4.69, 9.17) is 11.6 Å². The first kappa shape index (κ1) is 8.53. The van der Waals surface area contributed by atoms with Gasteiger partial charge in [0, 0.05) is 18.3 Å². The number of aromatic nitrogens is 3. The van der Waals surface area contributed by atoms with Crippen LogP contribution in [0.1, 0.15) is 25.6 Å². The summed E-state index contributed by atoms with van der Waals surface area (Å²) < 4.78 is 1.75. The minimum Gasteiger partial charge on any atom is -0.253 e. The standard InChI is InChI=1S/C7H12ClN3/c1-5(6(2)8)7-9-4-10-11(7)3/h4-6H,1-3H3. The van der Waals surface area contributed by atoms with E-state index in [-0.39, 0.29) is 11.3 Å².